The Morgan fingerprint density at radius 2 is 1.94 bits per heavy atom. The molecule has 18 heavy (non-hydrogen) atoms. The summed E-state index contributed by atoms with van der Waals surface area (Å²) in [6.45, 7) is 4.52. The molecule has 0 saturated heterocycles. The van der Waals surface area contributed by atoms with Crippen molar-refractivity contribution in [3.8, 4) is 11.3 Å². The van der Waals surface area contributed by atoms with Crippen molar-refractivity contribution in [3.05, 3.63) is 40.7 Å². The van der Waals surface area contributed by atoms with Gasteiger partial charge in [0.2, 0.25) is 0 Å². The van der Waals surface area contributed by atoms with Crippen molar-refractivity contribution in [3.63, 3.8) is 0 Å². The van der Waals surface area contributed by atoms with E-state index >= 15 is 0 Å². The van der Waals surface area contributed by atoms with Gasteiger partial charge in [-0.1, -0.05) is 44.2 Å². The molecule has 3 heteroatoms. The highest BCUT2D eigenvalue weighted by Crippen LogP contribution is 2.24. The Bertz CT molecular complexity index is 478. The standard InChI is InChI=1S/C15H19NOS/c1-11(2)13(9-17)8-15-16-14(10-18-15)12-6-4-3-5-7-12/h3-7,10-11,13,17H,8-9H2,1-2H3. The second-order valence-corrected chi connectivity index (χ2v) is 5.83. The van der Waals surface area contributed by atoms with Gasteiger partial charge in [0.05, 0.1) is 10.7 Å². The van der Waals surface area contributed by atoms with Gasteiger partial charge in [-0.3, -0.25) is 0 Å². The summed E-state index contributed by atoms with van der Waals surface area (Å²) in [6, 6.07) is 10.2. The van der Waals surface area contributed by atoms with Crippen molar-refractivity contribution in [2.45, 2.75) is 20.3 Å². The minimum absolute atomic E-state index is 0.234. The summed E-state index contributed by atoms with van der Waals surface area (Å²) in [4.78, 5) is 4.66. The first-order chi connectivity index (χ1) is 8.70. The van der Waals surface area contributed by atoms with Gasteiger partial charge in [-0.25, -0.2) is 4.98 Å². The minimum Gasteiger partial charge on any atom is -0.396 e. The maximum Gasteiger partial charge on any atom is 0.0936 e. The van der Waals surface area contributed by atoms with Crippen molar-refractivity contribution in [1.82, 2.24) is 4.98 Å². The maximum atomic E-state index is 9.36. The zero-order chi connectivity index (χ0) is 13.0. The number of hydrogen-bond donors (Lipinski definition) is 1. The fourth-order valence-electron chi connectivity index (χ4n) is 1.88. The molecule has 0 aliphatic rings. The number of thiazole rings is 1. The van der Waals surface area contributed by atoms with Gasteiger partial charge in [0, 0.05) is 24.0 Å². The lowest BCUT2D eigenvalue weighted by molar-refractivity contribution is 0.189. The van der Waals surface area contributed by atoms with E-state index in [-0.39, 0.29) is 6.61 Å². The first-order valence-electron chi connectivity index (χ1n) is 6.31. The fraction of sp³-hybridized carbons (Fsp3) is 0.400. The Kier molecular flexibility index (Phi) is 4.50. The molecule has 0 aliphatic carbocycles. The third-order valence-electron chi connectivity index (χ3n) is 3.24. The minimum atomic E-state index is 0.234. The SMILES string of the molecule is CC(C)C(CO)Cc1nc(-c2ccccc2)cs1. The second kappa shape index (κ2) is 6.12. The molecule has 96 valence electrons. The number of hydrogen-bond acceptors (Lipinski definition) is 3. The van der Waals surface area contributed by atoms with Crippen LogP contribution in [-0.2, 0) is 6.42 Å². The Morgan fingerprint density at radius 3 is 2.56 bits per heavy atom. The van der Waals surface area contributed by atoms with Gasteiger partial charge < -0.3 is 5.11 Å². The van der Waals surface area contributed by atoms with Crippen LogP contribution in [0.2, 0.25) is 0 Å². The Morgan fingerprint density at radius 1 is 1.22 bits per heavy atom. The Balaban J connectivity index is 2.11. The molecule has 1 aromatic carbocycles. The number of aromatic nitrogens is 1. The summed E-state index contributed by atoms with van der Waals surface area (Å²) in [5.41, 5.74) is 2.20. The normalized spacial score (nSPS) is 12.9. The van der Waals surface area contributed by atoms with Crippen LogP contribution in [-0.4, -0.2) is 16.7 Å². The quantitative estimate of drug-likeness (QED) is 0.891. The van der Waals surface area contributed by atoms with Gasteiger partial charge in [-0.05, 0) is 11.8 Å². The van der Waals surface area contributed by atoms with Gasteiger partial charge in [0.1, 0.15) is 0 Å². The zero-order valence-corrected chi connectivity index (χ0v) is 11.7. The number of nitrogens with zero attached hydrogens (tertiary/aromatic N) is 1. The van der Waals surface area contributed by atoms with E-state index in [0.29, 0.717) is 11.8 Å². The molecule has 0 saturated carbocycles. The molecule has 2 aromatic rings. The largest absolute Gasteiger partial charge is 0.396 e. The summed E-state index contributed by atoms with van der Waals surface area (Å²) < 4.78 is 0. The molecule has 0 spiro atoms. The summed E-state index contributed by atoms with van der Waals surface area (Å²) >= 11 is 1.68. The van der Waals surface area contributed by atoms with E-state index in [1.165, 1.54) is 0 Å². The molecular weight excluding hydrogens is 242 g/mol. The molecule has 1 unspecified atom stereocenters. The number of rotatable bonds is 5. The van der Waals surface area contributed by atoms with Gasteiger partial charge >= 0.3 is 0 Å². The lowest BCUT2D eigenvalue weighted by atomic mass is 9.94. The van der Waals surface area contributed by atoms with Crippen molar-refractivity contribution < 1.29 is 5.11 Å². The molecule has 0 aliphatic heterocycles. The van der Waals surface area contributed by atoms with Crippen LogP contribution in [0.5, 0.6) is 0 Å². The second-order valence-electron chi connectivity index (χ2n) is 4.88. The van der Waals surface area contributed by atoms with E-state index in [0.717, 1.165) is 22.7 Å². The van der Waals surface area contributed by atoms with Crippen molar-refractivity contribution in [2.24, 2.45) is 11.8 Å². The van der Waals surface area contributed by atoms with Crippen molar-refractivity contribution in [1.29, 1.82) is 0 Å². The highest BCUT2D eigenvalue weighted by molar-refractivity contribution is 7.09. The molecule has 1 atom stereocenters. The van der Waals surface area contributed by atoms with Gasteiger partial charge in [-0.2, -0.15) is 0 Å². The maximum absolute atomic E-state index is 9.36. The molecule has 0 fully saturated rings. The van der Waals surface area contributed by atoms with E-state index in [1.807, 2.05) is 18.2 Å². The Hall–Kier alpha value is -1.19. The highest BCUT2D eigenvalue weighted by Gasteiger charge is 2.15. The van der Waals surface area contributed by atoms with Crippen LogP contribution < -0.4 is 0 Å². The number of aliphatic hydroxyl groups excluding tert-OH is 1. The Labute approximate surface area is 112 Å². The van der Waals surface area contributed by atoms with Crippen LogP contribution >= 0.6 is 11.3 Å². The lowest BCUT2D eigenvalue weighted by Crippen LogP contribution is -2.16. The third-order valence-corrected chi connectivity index (χ3v) is 4.11. The van der Waals surface area contributed by atoms with Crippen LogP contribution in [0.1, 0.15) is 18.9 Å². The third kappa shape index (κ3) is 3.18. The molecule has 0 amide bonds. The van der Waals surface area contributed by atoms with Crippen LogP contribution in [0, 0.1) is 11.8 Å². The lowest BCUT2D eigenvalue weighted by Gasteiger charge is -2.16. The van der Waals surface area contributed by atoms with Crippen molar-refractivity contribution in [2.75, 3.05) is 6.61 Å². The van der Waals surface area contributed by atoms with Crippen LogP contribution in [0.15, 0.2) is 35.7 Å². The molecule has 1 N–H and O–H groups in total. The molecule has 0 radical (unpaired) electrons. The topological polar surface area (TPSA) is 33.1 Å². The predicted octanol–water partition coefficient (Wildman–Crippen LogP) is 3.62. The number of benzene rings is 1. The fourth-order valence-corrected chi connectivity index (χ4v) is 2.78. The molecule has 1 heterocycles. The van der Waals surface area contributed by atoms with E-state index < -0.39 is 0 Å². The number of aliphatic hydroxyl groups is 1. The van der Waals surface area contributed by atoms with Crippen LogP contribution in [0.3, 0.4) is 0 Å². The smallest absolute Gasteiger partial charge is 0.0936 e. The van der Waals surface area contributed by atoms with Gasteiger partial charge in [-0.15, -0.1) is 11.3 Å². The van der Waals surface area contributed by atoms with Crippen LogP contribution in [0.25, 0.3) is 11.3 Å². The van der Waals surface area contributed by atoms with E-state index in [2.05, 4.69) is 36.3 Å². The summed E-state index contributed by atoms with van der Waals surface area (Å²) in [5, 5.41) is 12.6. The summed E-state index contributed by atoms with van der Waals surface area (Å²) in [7, 11) is 0. The first-order valence-corrected chi connectivity index (χ1v) is 7.19. The molecule has 2 nitrogen and oxygen atoms in total. The highest BCUT2D eigenvalue weighted by atomic mass is 32.1. The average Bonchev–Trinajstić information content (AvgIpc) is 2.85. The molecular formula is C15H19NOS. The van der Waals surface area contributed by atoms with E-state index in [1.54, 1.807) is 11.3 Å². The van der Waals surface area contributed by atoms with Gasteiger partial charge in [0.25, 0.3) is 0 Å². The molecule has 1 aromatic heterocycles. The molecule has 0 bridgehead atoms. The van der Waals surface area contributed by atoms with E-state index in [4.69, 9.17) is 0 Å². The van der Waals surface area contributed by atoms with Crippen molar-refractivity contribution >= 4 is 11.3 Å². The average molecular weight is 261 g/mol. The van der Waals surface area contributed by atoms with Gasteiger partial charge in [0.15, 0.2) is 0 Å². The first kappa shape index (κ1) is 13.2. The monoisotopic (exact) mass is 261 g/mol. The summed E-state index contributed by atoms with van der Waals surface area (Å²) in [6.07, 6.45) is 0.867. The predicted molar refractivity (Wildman–Crippen MR) is 76.7 cm³/mol. The van der Waals surface area contributed by atoms with E-state index in [9.17, 15) is 5.11 Å². The summed E-state index contributed by atoms with van der Waals surface area (Å²) in [5.74, 6) is 0.791. The molecule has 2 rings (SSSR count). The van der Waals surface area contributed by atoms with Crippen LogP contribution in [0.4, 0.5) is 0 Å². The zero-order valence-electron chi connectivity index (χ0n) is 10.8.